The largest absolute Gasteiger partial charge is 0.480 e. The quantitative estimate of drug-likeness (QED) is 0.149. The number of nitrogens with two attached hydrogens (primary N) is 2. The van der Waals surface area contributed by atoms with Crippen LogP contribution in [-0.2, 0) is 30.4 Å². The summed E-state index contributed by atoms with van der Waals surface area (Å²) in [6.45, 7) is 0.579. The van der Waals surface area contributed by atoms with Gasteiger partial charge in [0.1, 0.15) is 24.2 Å². The first-order chi connectivity index (χ1) is 14.5. The van der Waals surface area contributed by atoms with Crippen LogP contribution >= 0.6 is 0 Å². The molecule has 0 saturated heterocycles. The van der Waals surface area contributed by atoms with E-state index in [1.54, 1.807) is 0 Å². The van der Waals surface area contributed by atoms with Gasteiger partial charge in [0.15, 0.2) is 0 Å². The van der Waals surface area contributed by atoms with E-state index in [9.17, 15) is 24.0 Å². The lowest BCUT2D eigenvalue weighted by atomic mass is 10.1. The zero-order chi connectivity index (χ0) is 23.6. The van der Waals surface area contributed by atoms with E-state index >= 15 is 0 Å². The van der Waals surface area contributed by atoms with Crippen molar-refractivity contribution in [3.05, 3.63) is 18.2 Å². The molecule has 4 unspecified atom stereocenters. The summed E-state index contributed by atoms with van der Waals surface area (Å²) >= 11 is 0. The number of aromatic amines is 1. The molecular formula is C17H27N7O7. The average Bonchev–Trinajstić information content (AvgIpc) is 3.22. The van der Waals surface area contributed by atoms with Crippen molar-refractivity contribution in [2.75, 3.05) is 6.61 Å². The molecule has 0 radical (unpaired) electrons. The number of aromatic nitrogens is 2. The molecule has 0 aromatic carbocycles. The smallest absolute Gasteiger partial charge is 0.325 e. The number of amides is 4. The Hall–Kier alpha value is -3.52. The van der Waals surface area contributed by atoms with E-state index in [4.69, 9.17) is 21.7 Å². The first-order valence-corrected chi connectivity index (χ1v) is 9.31. The van der Waals surface area contributed by atoms with Gasteiger partial charge in [0, 0.05) is 24.7 Å². The number of rotatable bonds is 13. The van der Waals surface area contributed by atoms with E-state index in [2.05, 4.69) is 25.9 Å². The first kappa shape index (κ1) is 25.5. The number of nitrogens with one attached hydrogen (secondary N) is 4. The highest BCUT2D eigenvalue weighted by molar-refractivity contribution is 5.94. The molecule has 1 aromatic rings. The Kier molecular flexibility index (Phi) is 10.1. The summed E-state index contributed by atoms with van der Waals surface area (Å²) in [4.78, 5) is 66.0. The Morgan fingerprint density at radius 1 is 1.10 bits per heavy atom. The van der Waals surface area contributed by atoms with Crippen molar-refractivity contribution >= 4 is 29.6 Å². The van der Waals surface area contributed by atoms with Crippen LogP contribution in [0, 0.1) is 0 Å². The van der Waals surface area contributed by atoms with Crippen LogP contribution in [0.4, 0.5) is 0 Å². The minimum Gasteiger partial charge on any atom is -0.480 e. The maximum Gasteiger partial charge on any atom is 0.325 e. The predicted octanol–water partition coefficient (Wildman–Crippen LogP) is -3.90. The number of carboxylic acid groups (broad SMARTS) is 1. The molecule has 10 N–H and O–H groups in total. The van der Waals surface area contributed by atoms with Crippen LogP contribution in [0.1, 0.15) is 25.5 Å². The van der Waals surface area contributed by atoms with Crippen LogP contribution in [-0.4, -0.2) is 80.6 Å². The molecule has 1 aromatic heterocycles. The van der Waals surface area contributed by atoms with Gasteiger partial charge in [-0.15, -0.1) is 0 Å². The number of hydrogen-bond acceptors (Lipinski definition) is 8. The van der Waals surface area contributed by atoms with Crippen LogP contribution in [0.2, 0.25) is 0 Å². The molecule has 0 spiro atoms. The van der Waals surface area contributed by atoms with Gasteiger partial charge >= 0.3 is 5.97 Å². The lowest BCUT2D eigenvalue weighted by Gasteiger charge is -2.24. The molecule has 31 heavy (non-hydrogen) atoms. The molecule has 0 aliphatic rings. The van der Waals surface area contributed by atoms with E-state index in [0.29, 0.717) is 5.69 Å². The normalized spacial score (nSPS) is 14.5. The molecule has 14 nitrogen and oxygen atoms in total. The van der Waals surface area contributed by atoms with Crippen LogP contribution in [0.25, 0.3) is 0 Å². The molecule has 1 heterocycles. The van der Waals surface area contributed by atoms with Crippen LogP contribution in [0.5, 0.6) is 0 Å². The molecule has 0 aliphatic heterocycles. The number of H-pyrrole nitrogens is 1. The highest BCUT2D eigenvalue weighted by Gasteiger charge is 2.30. The maximum absolute atomic E-state index is 12.8. The lowest BCUT2D eigenvalue weighted by Crippen LogP contribution is -2.57. The molecule has 0 fully saturated rings. The molecule has 14 heteroatoms. The second-order valence-corrected chi connectivity index (χ2v) is 6.77. The van der Waals surface area contributed by atoms with Crippen molar-refractivity contribution in [1.29, 1.82) is 0 Å². The third-order valence-corrected chi connectivity index (χ3v) is 4.19. The Balaban J connectivity index is 2.99. The summed E-state index contributed by atoms with van der Waals surface area (Å²) in [5.74, 6) is -4.46. The summed E-state index contributed by atoms with van der Waals surface area (Å²) in [6.07, 6.45) is 2.28. The van der Waals surface area contributed by atoms with Crippen LogP contribution < -0.4 is 27.4 Å². The number of aliphatic hydroxyl groups is 1. The standard InChI is InChI=1S/C17H27N7O7/c1-8(17(30)31)22-16(29)12(4-9-5-20-7-21-9)24-15(28)11(2-3-13(19)26)23-14(27)10(18)6-25/h5,7-8,10-12,25H,2-4,6,18H2,1H3,(H2,19,26)(H,20,21)(H,22,29)(H,23,27)(H,24,28)(H,30,31). The van der Waals surface area contributed by atoms with Gasteiger partial charge in [-0.3, -0.25) is 24.0 Å². The monoisotopic (exact) mass is 441 g/mol. The molecule has 4 atom stereocenters. The van der Waals surface area contributed by atoms with E-state index in [0.717, 1.165) is 0 Å². The maximum atomic E-state index is 12.8. The zero-order valence-corrected chi connectivity index (χ0v) is 16.8. The first-order valence-electron chi connectivity index (χ1n) is 9.31. The van der Waals surface area contributed by atoms with E-state index in [1.807, 2.05) is 0 Å². The fourth-order valence-corrected chi connectivity index (χ4v) is 2.39. The third-order valence-electron chi connectivity index (χ3n) is 4.19. The number of aliphatic carboxylic acids is 1. The number of aliphatic hydroxyl groups excluding tert-OH is 1. The second-order valence-electron chi connectivity index (χ2n) is 6.77. The SMILES string of the molecule is CC(NC(=O)C(Cc1cnc[nH]1)NC(=O)C(CCC(N)=O)NC(=O)C(N)CO)C(=O)O. The predicted molar refractivity (Wildman–Crippen MR) is 105 cm³/mol. The van der Waals surface area contributed by atoms with E-state index in [1.165, 1.54) is 19.4 Å². The van der Waals surface area contributed by atoms with Gasteiger partial charge in [-0.1, -0.05) is 0 Å². The fraction of sp³-hybridized carbons (Fsp3) is 0.529. The van der Waals surface area contributed by atoms with Crippen molar-refractivity contribution in [1.82, 2.24) is 25.9 Å². The minimum atomic E-state index is -1.30. The summed E-state index contributed by atoms with van der Waals surface area (Å²) < 4.78 is 0. The highest BCUT2D eigenvalue weighted by Crippen LogP contribution is 2.04. The number of carbonyl (C=O) groups is 5. The van der Waals surface area contributed by atoms with E-state index in [-0.39, 0.29) is 19.3 Å². The number of carbonyl (C=O) groups excluding carboxylic acids is 4. The van der Waals surface area contributed by atoms with Gasteiger partial charge in [-0.2, -0.15) is 0 Å². The summed E-state index contributed by atoms with van der Waals surface area (Å²) in [6, 6.07) is -5.04. The van der Waals surface area contributed by atoms with Gasteiger partial charge in [-0.05, 0) is 13.3 Å². The van der Waals surface area contributed by atoms with Crippen molar-refractivity contribution in [2.24, 2.45) is 11.5 Å². The lowest BCUT2D eigenvalue weighted by molar-refractivity contribution is -0.141. The topological polar surface area (TPSA) is 243 Å². The van der Waals surface area contributed by atoms with Gasteiger partial charge in [0.2, 0.25) is 23.6 Å². The van der Waals surface area contributed by atoms with Crippen LogP contribution in [0.15, 0.2) is 12.5 Å². The van der Waals surface area contributed by atoms with E-state index < -0.39 is 60.4 Å². The Labute approximate surface area is 177 Å². The Morgan fingerprint density at radius 2 is 1.71 bits per heavy atom. The summed E-state index contributed by atoms with van der Waals surface area (Å²) in [7, 11) is 0. The van der Waals surface area contributed by atoms with Crippen LogP contribution in [0.3, 0.4) is 0 Å². The molecular weight excluding hydrogens is 414 g/mol. The fourth-order valence-electron chi connectivity index (χ4n) is 2.39. The van der Waals surface area contributed by atoms with Gasteiger partial charge in [0.05, 0.1) is 12.9 Å². The Bertz CT molecular complexity index is 784. The Morgan fingerprint density at radius 3 is 2.23 bits per heavy atom. The van der Waals surface area contributed by atoms with Gasteiger partial charge in [-0.25, -0.2) is 4.98 Å². The second kappa shape index (κ2) is 12.2. The number of primary amides is 1. The van der Waals surface area contributed by atoms with Crippen molar-refractivity contribution in [3.8, 4) is 0 Å². The molecule has 1 rings (SSSR count). The number of nitrogens with zero attached hydrogens (tertiary/aromatic N) is 1. The molecule has 0 saturated carbocycles. The van der Waals surface area contributed by atoms with Crippen molar-refractivity contribution < 1.29 is 34.2 Å². The highest BCUT2D eigenvalue weighted by atomic mass is 16.4. The minimum absolute atomic E-state index is 0.0590. The molecule has 0 bridgehead atoms. The molecule has 172 valence electrons. The third kappa shape index (κ3) is 8.79. The number of carboxylic acids is 1. The summed E-state index contributed by atoms with van der Waals surface area (Å²) in [5, 5.41) is 25.0. The average molecular weight is 441 g/mol. The number of imidazole rings is 1. The molecule has 4 amide bonds. The molecule has 0 aliphatic carbocycles. The van der Waals surface area contributed by atoms with Crippen molar-refractivity contribution in [2.45, 2.75) is 50.4 Å². The number of hydrogen-bond donors (Lipinski definition) is 8. The van der Waals surface area contributed by atoms with Gasteiger partial charge in [0.25, 0.3) is 0 Å². The van der Waals surface area contributed by atoms with Gasteiger partial charge < -0.3 is 42.6 Å². The zero-order valence-electron chi connectivity index (χ0n) is 16.8. The van der Waals surface area contributed by atoms with Crippen molar-refractivity contribution in [3.63, 3.8) is 0 Å². The summed E-state index contributed by atoms with van der Waals surface area (Å²) in [5.41, 5.74) is 11.0.